The van der Waals surface area contributed by atoms with E-state index in [1.54, 1.807) is 6.08 Å². The number of nitrogens with zero attached hydrogens (tertiary/aromatic N) is 2. The van der Waals surface area contributed by atoms with Gasteiger partial charge in [-0.2, -0.15) is 0 Å². The van der Waals surface area contributed by atoms with Gasteiger partial charge in [0.25, 0.3) is 0 Å². The first-order chi connectivity index (χ1) is 6.22. The zero-order chi connectivity index (χ0) is 9.68. The molecule has 1 aliphatic heterocycles. The number of rotatable bonds is 3. The summed E-state index contributed by atoms with van der Waals surface area (Å²) in [6.07, 6.45) is 3.64. The monoisotopic (exact) mass is 223 g/mol. The lowest BCUT2D eigenvalue weighted by atomic mass is 10.4. The van der Waals surface area contributed by atoms with Crippen molar-refractivity contribution in [2.75, 3.05) is 6.61 Å². The summed E-state index contributed by atoms with van der Waals surface area (Å²) in [6.45, 7) is 2.71. The number of hydrazine groups is 1. The van der Waals surface area contributed by atoms with Crippen LogP contribution >= 0.6 is 23.4 Å². The molecule has 0 aromatic heterocycles. The third kappa shape index (κ3) is 3.74. The van der Waals surface area contributed by atoms with Gasteiger partial charge >= 0.3 is 0 Å². The maximum Gasteiger partial charge on any atom is 0.237 e. The van der Waals surface area contributed by atoms with Crippen LogP contribution in [0.5, 0.6) is 0 Å². The Kier molecular flexibility index (Phi) is 4.18. The second kappa shape index (κ2) is 5.19. The number of unbranched alkanes of at least 4 members (excludes halogenated alkanes) is 1. The lowest BCUT2D eigenvalue weighted by molar-refractivity contribution is 0.278. The van der Waals surface area contributed by atoms with Crippen molar-refractivity contribution < 1.29 is 4.74 Å². The van der Waals surface area contributed by atoms with Crippen molar-refractivity contribution in [3.8, 4) is 0 Å². The molecule has 0 radical (unpaired) electrons. The van der Waals surface area contributed by atoms with E-state index in [1.807, 2.05) is 0 Å². The van der Waals surface area contributed by atoms with Crippen molar-refractivity contribution in [1.29, 1.82) is 0 Å². The second-order valence-corrected chi connectivity index (χ2v) is 3.23. The largest absolute Gasteiger partial charge is 0.476 e. The molecule has 1 heterocycles. The molecule has 0 fully saturated rings. The van der Waals surface area contributed by atoms with Crippen molar-refractivity contribution in [1.82, 2.24) is 10.1 Å². The highest BCUT2D eigenvalue weighted by atomic mass is 35.5. The molecule has 0 unspecified atom stereocenters. The van der Waals surface area contributed by atoms with Crippen LogP contribution in [0.1, 0.15) is 19.8 Å². The van der Waals surface area contributed by atoms with E-state index in [-0.39, 0.29) is 0 Å². The van der Waals surface area contributed by atoms with Gasteiger partial charge in [-0.25, -0.2) is 0 Å². The Morgan fingerprint density at radius 1 is 1.69 bits per heavy atom. The molecular weight excluding hydrogens is 213 g/mol. The van der Waals surface area contributed by atoms with Gasteiger partial charge in [-0.3, -0.25) is 5.43 Å². The Labute approximate surface area is 87.2 Å². The van der Waals surface area contributed by atoms with Gasteiger partial charge in [-0.05, 0) is 6.42 Å². The van der Waals surface area contributed by atoms with E-state index < -0.39 is 0 Å². The number of hydrogen-bond donors (Lipinski definition) is 1. The van der Waals surface area contributed by atoms with E-state index in [0.29, 0.717) is 17.7 Å². The maximum atomic E-state index is 5.68. The number of nitrogens with one attached hydrogen (secondary N) is 1. The van der Waals surface area contributed by atoms with Crippen molar-refractivity contribution in [3.63, 3.8) is 0 Å². The Morgan fingerprint density at radius 2 is 2.46 bits per heavy atom. The van der Waals surface area contributed by atoms with Crippen LogP contribution in [0.15, 0.2) is 16.3 Å². The van der Waals surface area contributed by atoms with Gasteiger partial charge in [0.05, 0.1) is 18.4 Å². The molecule has 0 aromatic rings. The van der Waals surface area contributed by atoms with E-state index in [2.05, 4.69) is 17.5 Å². The van der Waals surface area contributed by atoms with E-state index in [9.17, 15) is 0 Å². The molecule has 0 bridgehead atoms. The van der Waals surface area contributed by atoms with Gasteiger partial charge < -0.3 is 4.74 Å². The smallest absolute Gasteiger partial charge is 0.237 e. The molecule has 0 spiro atoms. The van der Waals surface area contributed by atoms with Crippen molar-refractivity contribution in [2.45, 2.75) is 19.8 Å². The Balaban J connectivity index is 2.40. The maximum absolute atomic E-state index is 5.68. The standard InChI is InChI=1S/C7H11Cl2N3O/c1-2-3-4-13-7-5-6(8)10-12(9)11-7/h5,10H,2-4H2,1H3. The van der Waals surface area contributed by atoms with Crippen LogP contribution in [0, 0.1) is 0 Å². The number of halogens is 2. The molecule has 0 amide bonds. The summed E-state index contributed by atoms with van der Waals surface area (Å²) in [6, 6.07) is 0. The molecule has 74 valence electrons. The minimum atomic E-state index is 0.386. The van der Waals surface area contributed by atoms with E-state index in [1.165, 1.54) is 0 Å². The fourth-order valence-corrected chi connectivity index (χ4v) is 1.14. The van der Waals surface area contributed by atoms with Gasteiger partial charge in [0.1, 0.15) is 5.16 Å². The van der Waals surface area contributed by atoms with Gasteiger partial charge in [0.2, 0.25) is 5.90 Å². The zero-order valence-corrected chi connectivity index (χ0v) is 8.77. The number of hydrogen-bond acceptors (Lipinski definition) is 4. The summed E-state index contributed by atoms with van der Waals surface area (Å²) < 4.78 is 6.28. The van der Waals surface area contributed by atoms with Crippen LogP contribution < -0.4 is 5.43 Å². The quantitative estimate of drug-likeness (QED) is 0.453. The molecule has 13 heavy (non-hydrogen) atoms. The lowest BCUT2D eigenvalue weighted by Crippen LogP contribution is -2.28. The predicted octanol–water partition coefficient (Wildman–Crippen LogP) is 2.17. The van der Waals surface area contributed by atoms with Crippen LogP contribution in [-0.2, 0) is 4.74 Å². The molecule has 0 aliphatic carbocycles. The molecule has 0 saturated carbocycles. The normalized spacial score (nSPS) is 16.1. The highest BCUT2D eigenvalue weighted by molar-refractivity contribution is 6.31. The summed E-state index contributed by atoms with van der Waals surface area (Å²) in [5.41, 5.74) is 2.56. The summed E-state index contributed by atoms with van der Waals surface area (Å²) >= 11 is 11.2. The first-order valence-electron chi connectivity index (χ1n) is 4.03. The van der Waals surface area contributed by atoms with Crippen molar-refractivity contribution in [3.05, 3.63) is 11.2 Å². The minimum Gasteiger partial charge on any atom is -0.476 e. The average Bonchev–Trinajstić information content (AvgIpc) is 2.03. The average molecular weight is 224 g/mol. The van der Waals surface area contributed by atoms with Crippen molar-refractivity contribution >= 4 is 29.3 Å². The molecule has 0 atom stereocenters. The van der Waals surface area contributed by atoms with Gasteiger partial charge in [0, 0.05) is 6.08 Å². The fraction of sp³-hybridized carbons (Fsp3) is 0.571. The van der Waals surface area contributed by atoms with E-state index in [4.69, 9.17) is 28.1 Å². The molecule has 0 saturated heterocycles. The number of hydrazone groups is 1. The van der Waals surface area contributed by atoms with Gasteiger partial charge in [-0.15, -0.1) is 9.74 Å². The molecule has 6 heteroatoms. The molecular formula is C7H11Cl2N3O. The highest BCUT2D eigenvalue weighted by Gasteiger charge is 2.09. The number of ether oxygens (including phenoxy) is 1. The zero-order valence-electron chi connectivity index (χ0n) is 7.26. The van der Waals surface area contributed by atoms with Crippen molar-refractivity contribution in [2.24, 2.45) is 5.10 Å². The fourth-order valence-electron chi connectivity index (χ4n) is 0.761. The Morgan fingerprint density at radius 3 is 3.08 bits per heavy atom. The SMILES string of the molecule is CCCCOC1=NN(Cl)NC(Cl)=C1. The van der Waals surface area contributed by atoms with E-state index >= 15 is 0 Å². The van der Waals surface area contributed by atoms with Crippen LogP contribution in [0.3, 0.4) is 0 Å². The van der Waals surface area contributed by atoms with Gasteiger partial charge in [-0.1, -0.05) is 24.9 Å². The lowest BCUT2D eigenvalue weighted by Gasteiger charge is -2.17. The predicted molar refractivity (Wildman–Crippen MR) is 53.1 cm³/mol. The minimum absolute atomic E-state index is 0.386. The second-order valence-electron chi connectivity index (χ2n) is 2.50. The van der Waals surface area contributed by atoms with Crippen LogP contribution in [-0.4, -0.2) is 17.1 Å². The third-order valence-corrected chi connectivity index (χ3v) is 1.74. The highest BCUT2D eigenvalue weighted by Crippen LogP contribution is 2.08. The summed E-state index contributed by atoms with van der Waals surface area (Å²) in [5.74, 6) is 0.423. The molecule has 1 N–H and O–H groups in total. The van der Waals surface area contributed by atoms with Crippen LogP contribution in [0.2, 0.25) is 0 Å². The summed E-state index contributed by atoms with van der Waals surface area (Å²) in [5, 5.41) is 4.21. The first-order valence-corrected chi connectivity index (χ1v) is 4.75. The van der Waals surface area contributed by atoms with Gasteiger partial charge in [0.15, 0.2) is 0 Å². The molecule has 0 aromatic carbocycles. The third-order valence-electron chi connectivity index (χ3n) is 1.38. The molecule has 1 aliphatic rings. The van der Waals surface area contributed by atoms with E-state index in [0.717, 1.165) is 17.5 Å². The topological polar surface area (TPSA) is 36.9 Å². The summed E-state index contributed by atoms with van der Waals surface area (Å²) in [4.78, 5) is 0. The molecule has 1 rings (SSSR count). The van der Waals surface area contributed by atoms with Crippen LogP contribution in [0.4, 0.5) is 0 Å². The molecule has 4 nitrogen and oxygen atoms in total. The summed E-state index contributed by atoms with van der Waals surface area (Å²) in [7, 11) is 0. The van der Waals surface area contributed by atoms with Crippen LogP contribution in [0.25, 0.3) is 0 Å². The Bertz CT molecular complexity index is 230. The first kappa shape index (κ1) is 10.5. The Hall–Kier alpha value is -0.610.